The minimum atomic E-state index is -0.169. The Morgan fingerprint density at radius 3 is 2.97 bits per heavy atom. The lowest BCUT2D eigenvalue weighted by molar-refractivity contribution is -0.116. The molecule has 4 aromatic heterocycles. The minimum absolute atomic E-state index is 0.0405. The highest BCUT2D eigenvalue weighted by Crippen LogP contribution is 2.33. The second kappa shape index (κ2) is 7.32. The van der Waals surface area contributed by atoms with Crippen LogP contribution in [0.25, 0.3) is 21.3 Å². The van der Waals surface area contributed by atoms with Crippen molar-refractivity contribution in [1.82, 2.24) is 24.3 Å². The monoisotopic (exact) mass is 422 g/mol. The minimum Gasteiger partial charge on any atom is -0.325 e. The fourth-order valence-corrected chi connectivity index (χ4v) is 5.38. The first kappa shape index (κ1) is 18.9. The Morgan fingerprint density at radius 1 is 1.27 bits per heavy atom. The third-order valence-electron chi connectivity index (χ3n) is 5.67. The first-order valence-corrected chi connectivity index (χ1v) is 10.9. The number of carbonyl (C=O) groups excluding carboxylic acids is 1. The van der Waals surface area contributed by atoms with Crippen LogP contribution in [0.5, 0.6) is 0 Å². The number of rotatable bonds is 4. The molecule has 0 atom stereocenters. The number of carbonyl (C=O) groups is 1. The van der Waals surface area contributed by atoms with Gasteiger partial charge in [0.15, 0.2) is 5.65 Å². The molecular formula is C21H22N6O2S. The number of nitrogens with one attached hydrogen (secondary N) is 1. The van der Waals surface area contributed by atoms with Crippen molar-refractivity contribution in [2.45, 2.75) is 45.6 Å². The lowest BCUT2D eigenvalue weighted by atomic mass is 9.97. The van der Waals surface area contributed by atoms with Gasteiger partial charge in [0.05, 0.1) is 29.3 Å². The molecule has 1 amide bonds. The molecule has 0 fully saturated rings. The van der Waals surface area contributed by atoms with Crippen LogP contribution in [-0.2, 0) is 31.2 Å². The van der Waals surface area contributed by atoms with Crippen LogP contribution >= 0.6 is 11.3 Å². The first-order chi connectivity index (χ1) is 14.5. The van der Waals surface area contributed by atoms with Crippen molar-refractivity contribution in [2.75, 3.05) is 5.32 Å². The zero-order valence-electron chi connectivity index (χ0n) is 16.9. The zero-order valence-corrected chi connectivity index (χ0v) is 17.8. The Morgan fingerprint density at radius 2 is 2.10 bits per heavy atom. The highest BCUT2D eigenvalue weighted by Gasteiger charge is 2.20. The quantitative estimate of drug-likeness (QED) is 0.546. The van der Waals surface area contributed by atoms with Crippen LogP contribution in [-0.4, -0.2) is 30.2 Å². The number of hydrogen-bond acceptors (Lipinski definition) is 6. The molecule has 9 heteroatoms. The maximum Gasteiger partial charge on any atom is 0.262 e. The lowest BCUT2D eigenvalue weighted by Crippen LogP contribution is -2.24. The van der Waals surface area contributed by atoms with E-state index in [0.29, 0.717) is 12.2 Å². The van der Waals surface area contributed by atoms with Gasteiger partial charge in [-0.25, -0.2) is 9.97 Å². The van der Waals surface area contributed by atoms with Gasteiger partial charge in [-0.05, 0) is 44.2 Å². The molecular weight excluding hydrogens is 400 g/mol. The summed E-state index contributed by atoms with van der Waals surface area (Å²) in [6.07, 6.45) is 7.64. The summed E-state index contributed by atoms with van der Waals surface area (Å²) in [6.45, 7) is 2.20. The normalized spacial score (nSPS) is 13.7. The van der Waals surface area contributed by atoms with Crippen molar-refractivity contribution in [3.63, 3.8) is 0 Å². The predicted molar refractivity (Wildman–Crippen MR) is 117 cm³/mol. The number of aryl methyl sites for hydroxylation is 5. The van der Waals surface area contributed by atoms with E-state index in [-0.39, 0.29) is 17.9 Å². The molecule has 4 aromatic rings. The van der Waals surface area contributed by atoms with Gasteiger partial charge >= 0.3 is 0 Å². The van der Waals surface area contributed by atoms with Crippen LogP contribution in [0.15, 0.2) is 23.4 Å². The Labute approximate surface area is 176 Å². The summed E-state index contributed by atoms with van der Waals surface area (Å²) >= 11 is 1.63. The van der Waals surface area contributed by atoms with E-state index in [1.807, 2.05) is 20.0 Å². The molecule has 154 valence electrons. The molecule has 0 radical (unpaired) electrons. The van der Waals surface area contributed by atoms with E-state index >= 15 is 0 Å². The van der Waals surface area contributed by atoms with Crippen molar-refractivity contribution in [3.05, 3.63) is 45.1 Å². The molecule has 1 aliphatic carbocycles. The number of hydrogen-bond donors (Lipinski definition) is 1. The van der Waals surface area contributed by atoms with E-state index in [9.17, 15) is 9.59 Å². The number of nitrogens with zero attached hydrogens (tertiary/aromatic N) is 5. The van der Waals surface area contributed by atoms with E-state index in [0.717, 1.165) is 46.2 Å². The molecule has 0 saturated carbocycles. The summed E-state index contributed by atoms with van der Waals surface area (Å²) in [5.41, 5.74) is 3.39. The van der Waals surface area contributed by atoms with E-state index in [1.165, 1.54) is 16.9 Å². The second-order valence-corrected chi connectivity index (χ2v) is 8.82. The summed E-state index contributed by atoms with van der Waals surface area (Å²) in [4.78, 5) is 36.5. The highest BCUT2D eigenvalue weighted by molar-refractivity contribution is 7.18. The first-order valence-electron chi connectivity index (χ1n) is 10.1. The Bertz CT molecular complexity index is 1350. The van der Waals surface area contributed by atoms with Crippen LogP contribution in [0.1, 0.15) is 35.4 Å². The number of amides is 1. The Hall–Kier alpha value is -3.07. The number of thiophene rings is 1. The van der Waals surface area contributed by atoms with E-state index in [2.05, 4.69) is 20.4 Å². The summed E-state index contributed by atoms with van der Waals surface area (Å²) in [5.74, 6) is -0.169. The summed E-state index contributed by atoms with van der Waals surface area (Å²) in [7, 11) is 1.84. The molecule has 5 rings (SSSR count). The van der Waals surface area contributed by atoms with Crippen LogP contribution < -0.4 is 10.9 Å². The maximum atomic E-state index is 13.0. The van der Waals surface area contributed by atoms with Crippen LogP contribution in [0.4, 0.5) is 5.69 Å². The maximum absolute atomic E-state index is 13.0. The molecule has 0 aromatic carbocycles. The lowest BCUT2D eigenvalue weighted by Gasteiger charge is -2.10. The summed E-state index contributed by atoms with van der Waals surface area (Å²) in [5, 5.41) is 8.87. The van der Waals surface area contributed by atoms with E-state index in [4.69, 9.17) is 0 Å². The molecule has 0 unspecified atom stereocenters. The average molecular weight is 423 g/mol. The SMILES string of the molecule is Cc1nn(C)c2ncc(NC(=O)CCn3cnc4sc5c(c4c3=O)CCCC5)cc12. The second-order valence-electron chi connectivity index (χ2n) is 7.74. The number of fused-ring (bicyclic) bond motifs is 4. The molecule has 0 aliphatic heterocycles. The van der Waals surface area contributed by atoms with Gasteiger partial charge in [0.1, 0.15) is 4.83 Å². The van der Waals surface area contributed by atoms with Gasteiger partial charge in [0.25, 0.3) is 5.56 Å². The topological polar surface area (TPSA) is 94.7 Å². The summed E-state index contributed by atoms with van der Waals surface area (Å²) in [6, 6.07) is 1.87. The molecule has 1 N–H and O–H groups in total. The van der Waals surface area contributed by atoms with Crippen molar-refractivity contribution >= 4 is 44.2 Å². The van der Waals surface area contributed by atoms with Gasteiger partial charge in [-0.15, -0.1) is 11.3 Å². The molecule has 8 nitrogen and oxygen atoms in total. The van der Waals surface area contributed by atoms with Crippen molar-refractivity contribution in [1.29, 1.82) is 0 Å². The fourth-order valence-electron chi connectivity index (χ4n) is 4.16. The van der Waals surface area contributed by atoms with Crippen molar-refractivity contribution < 1.29 is 4.79 Å². The van der Waals surface area contributed by atoms with Gasteiger partial charge in [-0.2, -0.15) is 5.10 Å². The van der Waals surface area contributed by atoms with Gasteiger partial charge in [0, 0.05) is 30.3 Å². The highest BCUT2D eigenvalue weighted by atomic mass is 32.1. The number of pyridine rings is 1. The van der Waals surface area contributed by atoms with E-state index in [1.54, 1.807) is 33.1 Å². The predicted octanol–water partition coefficient (Wildman–Crippen LogP) is 2.96. The number of anilines is 1. The Kier molecular flexibility index (Phi) is 4.62. The third kappa shape index (κ3) is 3.19. The van der Waals surface area contributed by atoms with E-state index < -0.39 is 0 Å². The Balaban J connectivity index is 1.33. The largest absolute Gasteiger partial charge is 0.325 e. The van der Waals surface area contributed by atoms with Gasteiger partial charge in [-0.1, -0.05) is 0 Å². The number of aromatic nitrogens is 5. The molecule has 30 heavy (non-hydrogen) atoms. The van der Waals surface area contributed by atoms with Gasteiger partial charge in [0.2, 0.25) is 5.91 Å². The van der Waals surface area contributed by atoms with Gasteiger partial charge in [-0.3, -0.25) is 18.8 Å². The molecule has 1 aliphatic rings. The molecule has 0 bridgehead atoms. The van der Waals surface area contributed by atoms with Crippen LogP contribution in [0.2, 0.25) is 0 Å². The van der Waals surface area contributed by atoms with Gasteiger partial charge < -0.3 is 5.32 Å². The van der Waals surface area contributed by atoms with Crippen LogP contribution in [0.3, 0.4) is 0 Å². The third-order valence-corrected chi connectivity index (χ3v) is 6.87. The summed E-state index contributed by atoms with van der Waals surface area (Å²) < 4.78 is 3.27. The van der Waals surface area contributed by atoms with Crippen LogP contribution in [0, 0.1) is 6.92 Å². The molecule has 4 heterocycles. The van der Waals surface area contributed by atoms with Crippen molar-refractivity contribution in [3.8, 4) is 0 Å². The van der Waals surface area contributed by atoms with Crippen molar-refractivity contribution in [2.24, 2.45) is 7.05 Å². The average Bonchev–Trinajstić information content (AvgIpc) is 3.25. The molecule has 0 spiro atoms. The zero-order chi connectivity index (χ0) is 20.8. The fraction of sp³-hybridized carbons (Fsp3) is 0.381. The molecule has 0 saturated heterocycles. The smallest absolute Gasteiger partial charge is 0.262 e. The standard InChI is InChI=1S/C21H22N6O2S/c1-12-15-9-13(10-22-19(15)26(2)25-12)24-17(28)7-8-27-11-23-20-18(21(27)29)14-5-3-4-6-16(14)30-20/h9-11H,3-8H2,1-2H3,(H,24,28).